The van der Waals surface area contributed by atoms with Gasteiger partial charge in [-0.1, -0.05) is 33.3 Å². The van der Waals surface area contributed by atoms with Crippen LogP contribution in [-0.4, -0.2) is 16.1 Å². The first-order chi connectivity index (χ1) is 9.33. The van der Waals surface area contributed by atoms with Gasteiger partial charge in [0.2, 0.25) is 0 Å². The Morgan fingerprint density at radius 3 is 2.55 bits per heavy atom. The molecule has 3 rings (SSSR count). The van der Waals surface area contributed by atoms with E-state index in [0.29, 0.717) is 0 Å². The van der Waals surface area contributed by atoms with E-state index < -0.39 is 11.4 Å². The number of hydrogen-bond acceptors (Lipinski definition) is 3. The molecule has 1 aliphatic rings. The molecule has 0 unspecified atom stereocenters. The van der Waals surface area contributed by atoms with Crippen molar-refractivity contribution in [1.29, 1.82) is 0 Å². The number of carboxylic acid groups (broad SMARTS) is 1. The Labute approximate surface area is 122 Å². The third-order valence-corrected chi connectivity index (χ3v) is 5.66. The van der Waals surface area contributed by atoms with Gasteiger partial charge in [0, 0.05) is 5.41 Å². The summed E-state index contributed by atoms with van der Waals surface area (Å²) in [5.74, 6) is -0.700. The van der Waals surface area contributed by atoms with Gasteiger partial charge in [-0.05, 0) is 30.5 Å². The Morgan fingerprint density at radius 2 is 2.05 bits per heavy atom. The Balaban J connectivity index is 2.09. The molecule has 0 bridgehead atoms. The number of carbonyl (C=O) groups is 1. The average molecular weight is 289 g/mol. The highest BCUT2D eigenvalue weighted by atomic mass is 32.1. The number of nitrogens with zero attached hydrogens (tertiary/aromatic N) is 1. The second kappa shape index (κ2) is 4.29. The fourth-order valence-corrected chi connectivity index (χ4v) is 3.71. The number of fused-ring (bicyclic) bond motifs is 1. The van der Waals surface area contributed by atoms with Crippen LogP contribution in [0.4, 0.5) is 0 Å². The van der Waals surface area contributed by atoms with E-state index in [1.54, 1.807) is 11.3 Å². The van der Waals surface area contributed by atoms with E-state index in [0.717, 1.165) is 40.1 Å². The van der Waals surface area contributed by atoms with Crippen LogP contribution in [0.2, 0.25) is 0 Å². The van der Waals surface area contributed by atoms with E-state index >= 15 is 0 Å². The number of aromatic nitrogens is 1. The van der Waals surface area contributed by atoms with Crippen LogP contribution >= 0.6 is 11.3 Å². The number of aliphatic carboxylic acids is 1. The molecule has 106 valence electrons. The van der Waals surface area contributed by atoms with Gasteiger partial charge in [0.25, 0.3) is 0 Å². The summed E-state index contributed by atoms with van der Waals surface area (Å²) in [4.78, 5) is 16.3. The molecule has 1 N–H and O–H groups in total. The number of benzene rings is 1. The predicted octanol–water partition coefficient (Wildman–Crippen LogP) is 4.10. The minimum atomic E-state index is -0.700. The molecule has 20 heavy (non-hydrogen) atoms. The van der Waals surface area contributed by atoms with Gasteiger partial charge in [0.05, 0.1) is 20.6 Å². The lowest BCUT2D eigenvalue weighted by atomic mass is 9.64. The highest BCUT2D eigenvalue weighted by Crippen LogP contribution is 2.45. The SMILES string of the molecule is CC(C)(C)c1nc2cc(C3(C(=O)O)CCC3)ccc2s1. The van der Waals surface area contributed by atoms with Crippen molar-refractivity contribution < 1.29 is 9.90 Å². The van der Waals surface area contributed by atoms with Gasteiger partial charge >= 0.3 is 5.97 Å². The number of rotatable bonds is 2. The lowest BCUT2D eigenvalue weighted by Gasteiger charge is -2.38. The Hall–Kier alpha value is -1.42. The van der Waals surface area contributed by atoms with Crippen LogP contribution in [0.1, 0.15) is 50.6 Å². The maximum Gasteiger partial charge on any atom is 0.314 e. The molecular formula is C16H19NO2S. The predicted molar refractivity (Wildman–Crippen MR) is 81.5 cm³/mol. The van der Waals surface area contributed by atoms with Gasteiger partial charge in [0.1, 0.15) is 0 Å². The standard InChI is InChI=1S/C16H19NO2S/c1-15(2,3)13-17-11-9-10(5-6-12(11)20-13)16(14(18)19)7-4-8-16/h5-6,9H,4,7-8H2,1-3H3,(H,18,19). The lowest BCUT2D eigenvalue weighted by Crippen LogP contribution is -2.42. The second-order valence-electron chi connectivity index (χ2n) is 6.69. The van der Waals surface area contributed by atoms with Gasteiger partial charge in [-0.25, -0.2) is 4.98 Å². The van der Waals surface area contributed by atoms with Crippen molar-refractivity contribution in [1.82, 2.24) is 4.98 Å². The van der Waals surface area contributed by atoms with Crippen LogP contribution in [0.5, 0.6) is 0 Å². The van der Waals surface area contributed by atoms with Crippen LogP contribution in [-0.2, 0) is 15.6 Å². The summed E-state index contributed by atoms with van der Waals surface area (Å²) in [6.45, 7) is 6.45. The first-order valence-electron chi connectivity index (χ1n) is 6.98. The Kier molecular flexibility index (Phi) is 2.91. The second-order valence-corrected chi connectivity index (χ2v) is 7.72. The minimum absolute atomic E-state index is 0.0325. The van der Waals surface area contributed by atoms with Crippen molar-refractivity contribution in [2.24, 2.45) is 0 Å². The molecule has 2 aromatic rings. The molecule has 0 spiro atoms. The van der Waals surface area contributed by atoms with Crippen LogP contribution in [0.3, 0.4) is 0 Å². The van der Waals surface area contributed by atoms with Crippen molar-refractivity contribution in [2.75, 3.05) is 0 Å². The molecule has 1 aliphatic carbocycles. The third kappa shape index (κ3) is 1.94. The van der Waals surface area contributed by atoms with Crippen molar-refractivity contribution in [2.45, 2.75) is 50.9 Å². The normalized spacial score (nSPS) is 17.9. The molecule has 3 nitrogen and oxygen atoms in total. The molecule has 0 radical (unpaired) electrons. The van der Waals surface area contributed by atoms with Crippen LogP contribution in [0.25, 0.3) is 10.2 Å². The third-order valence-electron chi connectivity index (χ3n) is 4.20. The largest absolute Gasteiger partial charge is 0.481 e. The van der Waals surface area contributed by atoms with Gasteiger partial charge in [-0.2, -0.15) is 0 Å². The van der Waals surface area contributed by atoms with E-state index in [2.05, 4.69) is 20.8 Å². The molecule has 1 fully saturated rings. The minimum Gasteiger partial charge on any atom is -0.481 e. The number of carboxylic acids is 1. The smallest absolute Gasteiger partial charge is 0.314 e. The first kappa shape index (κ1) is 13.6. The van der Waals surface area contributed by atoms with Crippen molar-refractivity contribution in [3.63, 3.8) is 0 Å². The average Bonchev–Trinajstić information content (AvgIpc) is 2.69. The summed E-state index contributed by atoms with van der Waals surface area (Å²) in [7, 11) is 0. The van der Waals surface area contributed by atoms with E-state index in [1.807, 2.05) is 18.2 Å². The summed E-state index contributed by atoms with van der Waals surface area (Å²) in [6.07, 6.45) is 2.48. The van der Waals surface area contributed by atoms with Crippen molar-refractivity contribution >= 4 is 27.5 Å². The maximum absolute atomic E-state index is 11.6. The molecule has 1 saturated carbocycles. The lowest BCUT2D eigenvalue weighted by molar-refractivity contribution is -0.147. The van der Waals surface area contributed by atoms with Crippen LogP contribution < -0.4 is 0 Å². The fourth-order valence-electron chi connectivity index (χ4n) is 2.70. The molecule has 0 aliphatic heterocycles. The molecule has 1 aromatic heterocycles. The van der Waals surface area contributed by atoms with Gasteiger partial charge in [-0.3, -0.25) is 4.79 Å². The van der Waals surface area contributed by atoms with E-state index in [1.165, 1.54) is 0 Å². The molecule has 1 aromatic carbocycles. The molecule has 0 atom stereocenters. The summed E-state index contributed by atoms with van der Waals surface area (Å²) in [5, 5.41) is 10.6. The maximum atomic E-state index is 11.6. The van der Waals surface area contributed by atoms with Gasteiger partial charge < -0.3 is 5.11 Å². The summed E-state index contributed by atoms with van der Waals surface area (Å²) >= 11 is 1.70. The highest BCUT2D eigenvalue weighted by molar-refractivity contribution is 7.18. The van der Waals surface area contributed by atoms with E-state index in [9.17, 15) is 9.90 Å². The van der Waals surface area contributed by atoms with Crippen molar-refractivity contribution in [3.8, 4) is 0 Å². The quantitative estimate of drug-likeness (QED) is 0.905. The monoisotopic (exact) mass is 289 g/mol. The Bertz CT molecular complexity index is 677. The Morgan fingerprint density at radius 1 is 1.35 bits per heavy atom. The zero-order valence-electron chi connectivity index (χ0n) is 12.1. The molecule has 0 saturated heterocycles. The molecule has 1 heterocycles. The fraction of sp³-hybridized carbons (Fsp3) is 0.500. The number of hydrogen-bond donors (Lipinski definition) is 1. The number of thiazole rings is 1. The topological polar surface area (TPSA) is 50.2 Å². The summed E-state index contributed by atoms with van der Waals surface area (Å²) in [5.41, 5.74) is 1.21. The zero-order chi connectivity index (χ0) is 14.5. The van der Waals surface area contributed by atoms with E-state index in [-0.39, 0.29) is 5.41 Å². The van der Waals surface area contributed by atoms with Crippen LogP contribution in [0, 0.1) is 0 Å². The summed E-state index contributed by atoms with van der Waals surface area (Å²) < 4.78 is 1.14. The molecule has 4 heteroatoms. The summed E-state index contributed by atoms with van der Waals surface area (Å²) in [6, 6.07) is 5.98. The van der Waals surface area contributed by atoms with E-state index in [4.69, 9.17) is 4.98 Å². The molecular weight excluding hydrogens is 270 g/mol. The van der Waals surface area contributed by atoms with Crippen LogP contribution in [0.15, 0.2) is 18.2 Å². The van der Waals surface area contributed by atoms with Crippen molar-refractivity contribution in [3.05, 3.63) is 28.8 Å². The first-order valence-corrected chi connectivity index (χ1v) is 7.79. The van der Waals surface area contributed by atoms with Gasteiger partial charge in [0.15, 0.2) is 0 Å². The molecule has 0 amide bonds. The highest BCUT2D eigenvalue weighted by Gasteiger charge is 2.46. The zero-order valence-corrected chi connectivity index (χ0v) is 12.9. The van der Waals surface area contributed by atoms with Gasteiger partial charge in [-0.15, -0.1) is 11.3 Å².